The van der Waals surface area contributed by atoms with Gasteiger partial charge >= 0.3 is 5.97 Å². The molecule has 0 bridgehead atoms. The van der Waals surface area contributed by atoms with Gasteiger partial charge in [-0.15, -0.1) is 0 Å². The van der Waals surface area contributed by atoms with E-state index in [0.29, 0.717) is 10.8 Å². The third-order valence-electron chi connectivity index (χ3n) is 3.11. The number of amides is 1. The van der Waals surface area contributed by atoms with E-state index in [-0.39, 0.29) is 11.3 Å². The molecule has 2 aromatic carbocycles. The van der Waals surface area contributed by atoms with E-state index in [1.54, 1.807) is 37.3 Å². The summed E-state index contributed by atoms with van der Waals surface area (Å²) in [4.78, 5) is 23.2. The minimum atomic E-state index is -0.827. The SMILES string of the molecule is Cc1cc(Cl)ccc1O[C@@H](C)C(=O)Oc1cccc(C(N)=O)c1. The Labute approximate surface area is 139 Å². The fraction of sp³-hybridized carbons (Fsp3) is 0.176. The number of aryl methyl sites for hydroxylation is 1. The van der Waals surface area contributed by atoms with Crippen molar-refractivity contribution in [3.05, 3.63) is 58.6 Å². The fourth-order valence-electron chi connectivity index (χ4n) is 1.90. The molecule has 1 atom stereocenters. The number of esters is 1. The molecule has 0 radical (unpaired) electrons. The van der Waals surface area contributed by atoms with Crippen molar-refractivity contribution in [1.82, 2.24) is 0 Å². The Morgan fingerprint density at radius 1 is 1.17 bits per heavy atom. The average molecular weight is 334 g/mol. The van der Waals surface area contributed by atoms with Gasteiger partial charge in [0.1, 0.15) is 11.5 Å². The Kier molecular flexibility index (Phi) is 5.24. The van der Waals surface area contributed by atoms with Gasteiger partial charge in [0.25, 0.3) is 0 Å². The summed E-state index contributed by atoms with van der Waals surface area (Å²) in [6.45, 7) is 3.41. The van der Waals surface area contributed by atoms with Gasteiger partial charge in [-0.25, -0.2) is 4.79 Å². The number of carbonyl (C=O) groups is 2. The molecule has 2 rings (SSSR count). The van der Waals surface area contributed by atoms with E-state index in [9.17, 15) is 9.59 Å². The third kappa shape index (κ3) is 4.47. The molecule has 0 aliphatic rings. The van der Waals surface area contributed by atoms with Gasteiger partial charge in [0, 0.05) is 10.6 Å². The van der Waals surface area contributed by atoms with Gasteiger partial charge < -0.3 is 15.2 Å². The molecular weight excluding hydrogens is 318 g/mol. The summed E-state index contributed by atoms with van der Waals surface area (Å²) >= 11 is 5.88. The maximum absolute atomic E-state index is 12.1. The standard InChI is InChI=1S/C17H16ClNO4/c1-10-8-13(18)6-7-15(10)22-11(2)17(21)23-14-5-3-4-12(9-14)16(19)20/h3-9,11H,1-2H3,(H2,19,20)/t11-/m0/s1. The number of ether oxygens (including phenoxy) is 2. The average Bonchev–Trinajstić information content (AvgIpc) is 2.50. The molecule has 0 fully saturated rings. The first-order valence-electron chi connectivity index (χ1n) is 6.91. The molecule has 0 saturated carbocycles. The molecule has 0 aromatic heterocycles. The molecular formula is C17H16ClNO4. The molecule has 0 unspecified atom stereocenters. The van der Waals surface area contributed by atoms with Crippen molar-refractivity contribution in [1.29, 1.82) is 0 Å². The molecule has 2 N–H and O–H groups in total. The second-order valence-electron chi connectivity index (χ2n) is 4.98. The van der Waals surface area contributed by atoms with Crippen LogP contribution < -0.4 is 15.2 Å². The zero-order chi connectivity index (χ0) is 17.0. The lowest BCUT2D eigenvalue weighted by atomic mass is 10.2. The minimum Gasteiger partial charge on any atom is -0.479 e. The van der Waals surface area contributed by atoms with Gasteiger partial charge in [0.2, 0.25) is 5.91 Å². The van der Waals surface area contributed by atoms with Crippen LogP contribution in [0.3, 0.4) is 0 Å². The number of halogens is 1. The van der Waals surface area contributed by atoms with Crippen molar-refractivity contribution in [2.45, 2.75) is 20.0 Å². The van der Waals surface area contributed by atoms with E-state index in [1.165, 1.54) is 12.1 Å². The Morgan fingerprint density at radius 2 is 1.91 bits per heavy atom. The molecule has 0 aliphatic carbocycles. The zero-order valence-electron chi connectivity index (χ0n) is 12.7. The predicted octanol–water partition coefficient (Wildman–Crippen LogP) is 3.12. The van der Waals surface area contributed by atoms with Crippen LogP contribution in [0.1, 0.15) is 22.8 Å². The summed E-state index contributed by atoms with van der Waals surface area (Å²) in [5.41, 5.74) is 6.26. The first-order chi connectivity index (χ1) is 10.9. The van der Waals surface area contributed by atoms with E-state index in [0.717, 1.165) is 5.56 Å². The van der Waals surface area contributed by atoms with Crippen LogP contribution in [-0.4, -0.2) is 18.0 Å². The smallest absolute Gasteiger partial charge is 0.352 e. The Hall–Kier alpha value is -2.53. The maximum Gasteiger partial charge on any atom is 0.352 e. The first-order valence-corrected chi connectivity index (χ1v) is 7.29. The number of rotatable bonds is 5. The van der Waals surface area contributed by atoms with Gasteiger partial charge in [-0.05, 0) is 55.8 Å². The maximum atomic E-state index is 12.1. The van der Waals surface area contributed by atoms with Gasteiger partial charge in [-0.2, -0.15) is 0 Å². The second-order valence-corrected chi connectivity index (χ2v) is 5.42. The lowest BCUT2D eigenvalue weighted by Crippen LogP contribution is -2.28. The highest BCUT2D eigenvalue weighted by molar-refractivity contribution is 6.30. The molecule has 23 heavy (non-hydrogen) atoms. The van der Waals surface area contributed by atoms with Crippen molar-refractivity contribution in [3.8, 4) is 11.5 Å². The van der Waals surface area contributed by atoms with Crippen LogP contribution in [0, 0.1) is 6.92 Å². The van der Waals surface area contributed by atoms with Crippen molar-refractivity contribution in [2.75, 3.05) is 0 Å². The molecule has 120 valence electrons. The van der Waals surface area contributed by atoms with Crippen molar-refractivity contribution in [2.24, 2.45) is 5.73 Å². The molecule has 0 aliphatic heterocycles. The quantitative estimate of drug-likeness (QED) is 0.673. The summed E-state index contributed by atoms with van der Waals surface area (Å²) in [7, 11) is 0. The Morgan fingerprint density at radius 3 is 2.57 bits per heavy atom. The van der Waals surface area contributed by atoms with Gasteiger partial charge in [-0.3, -0.25) is 4.79 Å². The van der Waals surface area contributed by atoms with Crippen LogP contribution in [0.4, 0.5) is 0 Å². The monoisotopic (exact) mass is 333 g/mol. The molecule has 1 amide bonds. The van der Waals surface area contributed by atoms with E-state index >= 15 is 0 Å². The second kappa shape index (κ2) is 7.15. The summed E-state index contributed by atoms with van der Waals surface area (Å²) in [6.07, 6.45) is -0.827. The van der Waals surface area contributed by atoms with Crippen LogP contribution in [-0.2, 0) is 4.79 Å². The molecule has 0 heterocycles. The normalized spacial score (nSPS) is 11.6. The van der Waals surface area contributed by atoms with Crippen LogP contribution in [0.25, 0.3) is 0 Å². The molecule has 0 saturated heterocycles. The van der Waals surface area contributed by atoms with Crippen molar-refractivity contribution >= 4 is 23.5 Å². The van der Waals surface area contributed by atoms with Crippen molar-refractivity contribution < 1.29 is 19.1 Å². The largest absolute Gasteiger partial charge is 0.479 e. The number of hydrogen-bond acceptors (Lipinski definition) is 4. The van der Waals surface area contributed by atoms with Crippen LogP contribution in [0.5, 0.6) is 11.5 Å². The van der Waals surface area contributed by atoms with Crippen molar-refractivity contribution in [3.63, 3.8) is 0 Å². The molecule has 6 heteroatoms. The predicted molar refractivity (Wildman–Crippen MR) is 86.9 cm³/mol. The molecule has 0 spiro atoms. The van der Waals surface area contributed by atoms with E-state index in [1.807, 2.05) is 6.92 Å². The van der Waals surface area contributed by atoms with E-state index in [2.05, 4.69) is 0 Å². The lowest BCUT2D eigenvalue weighted by molar-refractivity contribution is -0.141. The van der Waals surface area contributed by atoms with Gasteiger partial charge in [-0.1, -0.05) is 17.7 Å². The summed E-state index contributed by atoms with van der Waals surface area (Å²) in [5, 5.41) is 0.591. The Bertz CT molecular complexity index is 745. The highest BCUT2D eigenvalue weighted by Gasteiger charge is 2.18. The molecule has 2 aromatic rings. The van der Waals surface area contributed by atoms with E-state index < -0.39 is 18.0 Å². The minimum absolute atomic E-state index is 0.231. The number of nitrogens with two attached hydrogens (primary N) is 1. The number of hydrogen-bond donors (Lipinski definition) is 1. The van der Waals surface area contributed by atoms with Crippen LogP contribution in [0.2, 0.25) is 5.02 Å². The van der Waals surface area contributed by atoms with Gasteiger partial charge in [0.05, 0.1) is 0 Å². The summed E-state index contributed by atoms with van der Waals surface area (Å²) in [6, 6.07) is 11.2. The number of primary amides is 1. The number of carbonyl (C=O) groups excluding carboxylic acids is 2. The Balaban J connectivity index is 2.05. The zero-order valence-corrected chi connectivity index (χ0v) is 13.5. The fourth-order valence-corrected chi connectivity index (χ4v) is 2.12. The third-order valence-corrected chi connectivity index (χ3v) is 3.34. The van der Waals surface area contributed by atoms with Crippen LogP contribution in [0.15, 0.2) is 42.5 Å². The van der Waals surface area contributed by atoms with Crippen LogP contribution >= 0.6 is 11.6 Å². The summed E-state index contributed by atoms with van der Waals surface area (Å²) in [5.74, 6) is -0.399. The molecule has 5 nitrogen and oxygen atoms in total. The van der Waals surface area contributed by atoms with Gasteiger partial charge in [0.15, 0.2) is 6.10 Å². The highest BCUT2D eigenvalue weighted by atomic mass is 35.5. The first kappa shape index (κ1) is 16.8. The van der Waals surface area contributed by atoms with E-state index in [4.69, 9.17) is 26.8 Å². The summed E-state index contributed by atoms with van der Waals surface area (Å²) < 4.78 is 10.8. The highest BCUT2D eigenvalue weighted by Crippen LogP contribution is 2.23. The number of benzene rings is 2. The topological polar surface area (TPSA) is 78.6 Å². The lowest BCUT2D eigenvalue weighted by Gasteiger charge is -2.15.